The molecule has 1 nitrogen and oxygen atoms in total. The van der Waals surface area contributed by atoms with Gasteiger partial charge >= 0.3 is 0 Å². The molecule has 0 spiro atoms. The van der Waals surface area contributed by atoms with Crippen LogP contribution in [-0.2, 0) is 0 Å². The standard InChI is InChI=1S/C14H22BrN/c1-5-14(10(2)3)16-11(4)12-8-6-7-9-13(12)15/h6-11,14,16H,5H2,1-4H3/t11-,14?/m0/s1. The average molecular weight is 284 g/mol. The highest BCUT2D eigenvalue weighted by molar-refractivity contribution is 9.10. The molecule has 1 aromatic carbocycles. The zero-order valence-electron chi connectivity index (χ0n) is 10.6. The maximum absolute atomic E-state index is 3.69. The summed E-state index contributed by atoms with van der Waals surface area (Å²) >= 11 is 3.61. The number of hydrogen-bond donors (Lipinski definition) is 1. The quantitative estimate of drug-likeness (QED) is 0.837. The zero-order chi connectivity index (χ0) is 12.1. The molecule has 1 unspecified atom stereocenters. The Bertz CT molecular complexity index is 322. The second-order valence-electron chi connectivity index (χ2n) is 4.67. The van der Waals surface area contributed by atoms with Crippen molar-refractivity contribution in [3.63, 3.8) is 0 Å². The van der Waals surface area contributed by atoms with Crippen LogP contribution in [0, 0.1) is 5.92 Å². The Kier molecular flexibility index (Phi) is 5.50. The van der Waals surface area contributed by atoms with E-state index in [4.69, 9.17) is 0 Å². The van der Waals surface area contributed by atoms with E-state index in [1.54, 1.807) is 0 Å². The average Bonchev–Trinajstić information content (AvgIpc) is 2.25. The molecule has 16 heavy (non-hydrogen) atoms. The van der Waals surface area contributed by atoms with Gasteiger partial charge in [0.1, 0.15) is 0 Å². The maximum Gasteiger partial charge on any atom is 0.0305 e. The molecular formula is C14H22BrN. The second kappa shape index (κ2) is 6.41. The third-order valence-electron chi connectivity index (χ3n) is 3.08. The van der Waals surface area contributed by atoms with Crippen LogP contribution in [0.2, 0.25) is 0 Å². The van der Waals surface area contributed by atoms with Crippen molar-refractivity contribution in [1.29, 1.82) is 0 Å². The Balaban J connectivity index is 2.72. The summed E-state index contributed by atoms with van der Waals surface area (Å²) in [6.07, 6.45) is 1.17. The van der Waals surface area contributed by atoms with Crippen molar-refractivity contribution < 1.29 is 0 Å². The van der Waals surface area contributed by atoms with Crippen LogP contribution in [0.1, 0.15) is 45.7 Å². The fourth-order valence-electron chi connectivity index (χ4n) is 2.02. The van der Waals surface area contributed by atoms with E-state index < -0.39 is 0 Å². The van der Waals surface area contributed by atoms with Crippen LogP contribution < -0.4 is 5.32 Å². The topological polar surface area (TPSA) is 12.0 Å². The minimum atomic E-state index is 0.392. The first-order valence-electron chi connectivity index (χ1n) is 6.06. The Labute approximate surface area is 108 Å². The summed E-state index contributed by atoms with van der Waals surface area (Å²) in [6, 6.07) is 9.40. The third-order valence-corrected chi connectivity index (χ3v) is 3.80. The van der Waals surface area contributed by atoms with Crippen molar-refractivity contribution in [3.05, 3.63) is 34.3 Å². The van der Waals surface area contributed by atoms with Crippen LogP contribution in [0.25, 0.3) is 0 Å². The van der Waals surface area contributed by atoms with E-state index >= 15 is 0 Å². The Hall–Kier alpha value is -0.340. The lowest BCUT2D eigenvalue weighted by atomic mass is 9.99. The van der Waals surface area contributed by atoms with Crippen LogP contribution in [0.15, 0.2) is 28.7 Å². The van der Waals surface area contributed by atoms with E-state index in [-0.39, 0.29) is 0 Å². The molecule has 0 aromatic heterocycles. The van der Waals surface area contributed by atoms with Gasteiger partial charge in [-0.15, -0.1) is 0 Å². The van der Waals surface area contributed by atoms with E-state index in [1.807, 2.05) is 0 Å². The molecule has 0 aliphatic rings. The van der Waals surface area contributed by atoms with Gasteiger partial charge in [-0.2, -0.15) is 0 Å². The van der Waals surface area contributed by atoms with Gasteiger partial charge in [0.2, 0.25) is 0 Å². The summed E-state index contributed by atoms with van der Waals surface area (Å²) in [7, 11) is 0. The number of benzene rings is 1. The van der Waals surface area contributed by atoms with Crippen molar-refractivity contribution in [2.45, 2.75) is 46.2 Å². The predicted octanol–water partition coefficient (Wildman–Crippen LogP) is 4.53. The van der Waals surface area contributed by atoms with E-state index in [2.05, 4.69) is 73.2 Å². The summed E-state index contributed by atoms with van der Waals surface area (Å²) in [5.41, 5.74) is 1.33. The Morgan fingerprint density at radius 2 is 1.81 bits per heavy atom. The molecule has 1 rings (SSSR count). The molecule has 90 valence electrons. The molecule has 0 aliphatic carbocycles. The van der Waals surface area contributed by atoms with Crippen LogP contribution >= 0.6 is 15.9 Å². The molecule has 0 bridgehead atoms. The van der Waals surface area contributed by atoms with Gasteiger partial charge in [0, 0.05) is 16.6 Å². The van der Waals surface area contributed by atoms with Gasteiger partial charge in [0.05, 0.1) is 0 Å². The number of halogens is 1. The maximum atomic E-state index is 3.69. The molecule has 0 saturated carbocycles. The van der Waals surface area contributed by atoms with E-state index in [9.17, 15) is 0 Å². The number of hydrogen-bond acceptors (Lipinski definition) is 1. The number of rotatable bonds is 5. The van der Waals surface area contributed by atoms with Gasteiger partial charge in [-0.05, 0) is 30.9 Å². The van der Waals surface area contributed by atoms with E-state index in [0.29, 0.717) is 18.0 Å². The van der Waals surface area contributed by atoms with Crippen LogP contribution in [0.3, 0.4) is 0 Å². The van der Waals surface area contributed by atoms with Gasteiger partial charge < -0.3 is 5.32 Å². The molecule has 0 radical (unpaired) electrons. The molecule has 1 N–H and O–H groups in total. The first kappa shape index (κ1) is 13.7. The normalized spacial score (nSPS) is 15.1. The highest BCUT2D eigenvalue weighted by Gasteiger charge is 2.15. The summed E-state index contributed by atoms with van der Waals surface area (Å²) in [5.74, 6) is 0.676. The largest absolute Gasteiger partial charge is 0.307 e. The zero-order valence-corrected chi connectivity index (χ0v) is 12.2. The molecule has 0 fully saturated rings. The van der Waals surface area contributed by atoms with Crippen molar-refractivity contribution in [1.82, 2.24) is 5.32 Å². The second-order valence-corrected chi connectivity index (χ2v) is 5.52. The fraction of sp³-hybridized carbons (Fsp3) is 0.571. The van der Waals surface area contributed by atoms with Gasteiger partial charge in [-0.3, -0.25) is 0 Å². The molecular weight excluding hydrogens is 262 g/mol. The summed E-state index contributed by atoms with van der Waals surface area (Å²) in [6.45, 7) is 9.01. The lowest BCUT2D eigenvalue weighted by molar-refractivity contribution is 0.355. The van der Waals surface area contributed by atoms with E-state index in [0.717, 1.165) is 0 Å². The van der Waals surface area contributed by atoms with Crippen molar-refractivity contribution in [2.24, 2.45) is 5.92 Å². The fourth-order valence-corrected chi connectivity index (χ4v) is 2.65. The first-order chi connectivity index (χ1) is 7.56. The van der Waals surface area contributed by atoms with Crippen LogP contribution in [0.4, 0.5) is 0 Å². The van der Waals surface area contributed by atoms with Crippen molar-refractivity contribution in [2.75, 3.05) is 0 Å². The minimum Gasteiger partial charge on any atom is -0.307 e. The predicted molar refractivity (Wildman–Crippen MR) is 74.6 cm³/mol. The summed E-state index contributed by atoms with van der Waals surface area (Å²) < 4.78 is 1.19. The SMILES string of the molecule is CCC(N[C@@H](C)c1ccccc1Br)C(C)C. The lowest BCUT2D eigenvalue weighted by Crippen LogP contribution is -2.35. The van der Waals surface area contributed by atoms with Crippen molar-refractivity contribution in [3.8, 4) is 0 Å². The van der Waals surface area contributed by atoms with Gasteiger partial charge in [-0.1, -0.05) is 54.9 Å². The highest BCUT2D eigenvalue weighted by atomic mass is 79.9. The number of nitrogens with one attached hydrogen (secondary N) is 1. The Morgan fingerprint density at radius 1 is 1.19 bits per heavy atom. The molecule has 1 aromatic rings. The summed E-state index contributed by atoms with van der Waals surface area (Å²) in [4.78, 5) is 0. The molecule has 0 heterocycles. The summed E-state index contributed by atoms with van der Waals surface area (Å²) in [5, 5.41) is 3.69. The Morgan fingerprint density at radius 3 is 2.31 bits per heavy atom. The van der Waals surface area contributed by atoms with Crippen LogP contribution in [0.5, 0.6) is 0 Å². The van der Waals surface area contributed by atoms with Gasteiger partial charge in [-0.25, -0.2) is 0 Å². The van der Waals surface area contributed by atoms with Crippen LogP contribution in [-0.4, -0.2) is 6.04 Å². The highest BCUT2D eigenvalue weighted by Crippen LogP contribution is 2.24. The lowest BCUT2D eigenvalue weighted by Gasteiger charge is -2.26. The molecule has 0 amide bonds. The third kappa shape index (κ3) is 3.60. The first-order valence-corrected chi connectivity index (χ1v) is 6.86. The minimum absolute atomic E-state index is 0.392. The smallest absolute Gasteiger partial charge is 0.0305 e. The van der Waals surface area contributed by atoms with E-state index in [1.165, 1.54) is 16.5 Å². The van der Waals surface area contributed by atoms with Crippen molar-refractivity contribution >= 4 is 15.9 Å². The monoisotopic (exact) mass is 283 g/mol. The molecule has 0 saturated heterocycles. The molecule has 0 aliphatic heterocycles. The van der Waals surface area contributed by atoms with Gasteiger partial charge in [0.15, 0.2) is 0 Å². The van der Waals surface area contributed by atoms with Gasteiger partial charge in [0.25, 0.3) is 0 Å². The molecule has 2 heteroatoms. The molecule has 2 atom stereocenters.